The number of nitrogens with two attached hydrogens (primary N) is 1. The normalized spacial score (nSPS) is 34.1. The van der Waals surface area contributed by atoms with Crippen molar-refractivity contribution in [3.63, 3.8) is 0 Å². The molecule has 0 radical (unpaired) electrons. The summed E-state index contributed by atoms with van der Waals surface area (Å²) in [4.78, 5) is 40.8. The number of aliphatic hydroxyl groups is 1. The highest BCUT2D eigenvalue weighted by Gasteiger charge is 2.54. The molecule has 8 nitrogen and oxygen atoms in total. The molecule has 3 saturated heterocycles. The molecule has 4 aliphatic rings. The topological polar surface area (TPSA) is 113 Å². The Morgan fingerprint density at radius 2 is 1.85 bits per heavy atom. The van der Waals surface area contributed by atoms with Crippen LogP contribution >= 0.6 is 0 Å². The third-order valence-electron chi connectivity index (χ3n) is 5.66. The molecule has 8 heteroatoms. The third kappa shape index (κ3) is 3.39. The molecular formula is C18H29N3O5. The smallest absolute Gasteiger partial charge is 0.411 e. The number of carbonyl (C=O) groups is 3. The van der Waals surface area contributed by atoms with Gasteiger partial charge >= 0.3 is 6.09 Å². The highest BCUT2D eigenvalue weighted by molar-refractivity contribution is 5.92. The highest BCUT2D eigenvalue weighted by atomic mass is 16.6. The van der Waals surface area contributed by atoms with Gasteiger partial charge in [0, 0.05) is 18.5 Å². The molecule has 0 unspecified atom stereocenters. The van der Waals surface area contributed by atoms with E-state index >= 15 is 0 Å². The number of amides is 3. The lowest BCUT2D eigenvalue weighted by Gasteiger charge is -2.53. The Bertz CT molecular complexity index is 602. The van der Waals surface area contributed by atoms with E-state index in [1.807, 2.05) is 0 Å². The minimum absolute atomic E-state index is 0.228. The van der Waals surface area contributed by atoms with Crippen LogP contribution in [0.4, 0.5) is 4.79 Å². The molecule has 3 N–H and O–H groups in total. The van der Waals surface area contributed by atoms with Gasteiger partial charge in [0.2, 0.25) is 11.8 Å². The van der Waals surface area contributed by atoms with Crippen molar-refractivity contribution < 1.29 is 24.2 Å². The van der Waals surface area contributed by atoms with Crippen molar-refractivity contribution in [1.29, 1.82) is 0 Å². The first-order chi connectivity index (χ1) is 12.1. The van der Waals surface area contributed by atoms with Crippen molar-refractivity contribution in [3.8, 4) is 0 Å². The average Bonchev–Trinajstić information content (AvgIpc) is 3.01. The molecule has 2 bridgehead atoms. The van der Waals surface area contributed by atoms with Gasteiger partial charge in [-0.1, -0.05) is 0 Å². The number of piperidine rings is 2. The Morgan fingerprint density at radius 3 is 2.42 bits per heavy atom. The van der Waals surface area contributed by atoms with Crippen LogP contribution in [0.2, 0.25) is 0 Å². The molecule has 0 aromatic rings. The number of likely N-dealkylation sites (tertiary alicyclic amines) is 1. The van der Waals surface area contributed by atoms with Crippen LogP contribution in [0.1, 0.15) is 52.9 Å². The van der Waals surface area contributed by atoms with Crippen LogP contribution in [-0.2, 0) is 14.3 Å². The van der Waals surface area contributed by atoms with Crippen molar-refractivity contribution in [2.45, 2.75) is 82.7 Å². The summed E-state index contributed by atoms with van der Waals surface area (Å²) in [6.45, 7) is 5.78. The van der Waals surface area contributed by atoms with Crippen molar-refractivity contribution in [1.82, 2.24) is 9.80 Å². The SMILES string of the molecule is CC(C)(C)OC(=O)N1[C@H]2CC[C@H]([C@H](O)C2)[C@H]1C(=O)N1CCC[C@H]1C(N)=O. The number of fused-ring (bicyclic) bond motifs is 3. The van der Waals surface area contributed by atoms with Crippen molar-refractivity contribution in [3.05, 3.63) is 0 Å². The lowest BCUT2D eigenvalue weighted by atomic mass is 9.72. The van der Waals surface area contributed by atoms with Crippen molar-refractivity contribution >= 4 is 17.9 Å². The fraction of sp³-hybridized carbons (Fsp3) is 0.833. The molecule has 26 heavy (non-hydrogen) atoms. The molecule has 1 aliphatic carbocycles. The summed E-state index contributed by atoms with van der Waals surface area (Å²) in [5.41, 5.74) is 4.77. The van der Waals surface area contributed by atoms with Crippen molar-refractivity contribution in [2.24, 2.45) is 11.7 Å². The fourth-order valence-electron chi connectivity index (χ4n) is 4.58. The monoisotopic (exact) mass is 367 g/mol. The molecule has 3 aliphatic heterocycles. The van der Waals surface area contributed by atoms with E-state index in [1.54, 1.807) is 20.8 Å². The zero-order valence-corrected chi connectivity index (χ0v) is 15.7. The second kappa shape index (κ2) is 6.72. The summed E-state index contributed by atoms with van der Waals surface area (Å²) >= 11 is 0. The van der Waals surface area contributed by atoms with E-state index in [2.05, 4.69) is 0 Å². The summed E-state index contributed by atoms with van der Waals surface area (Å²) in [7, 11) is 0. The Morgan fingerprint density at radius 1 is 1.15 bits per heavy atom. The summed E-state index contributed by atoms with van der Waals surface area (Å²) < 4.78 is 5.53. The third-order valence-corrected chi connectivity index (χ3v) is 5.66. The quantitative estimate of drug-likeness (QED) is 0.742. The first-order valence-electron chi connectivity index (χ1n) is 9.39. The zero-order chi connectivity index (χ0) is 19.2. The summed E-state index contributed by atoms with van der Waals surface area (Å²) in [5.74, 6) is -1.17. The zero-order valence-electron chi connectivity index (χ0n) is 15.7. The summed E-state index contributed by atoms with van der Waals surface area (Å²) in [5, 5.41) is 10.4. The number of carbonyl (C=O) groups excluding carboxylic acids is 3. The second-order valence-electron chi connectivity index (χ2n) is 8.62. The fourth-order valence-corrected chi connectivity index (χ4v) is 4.58. The van der Waals surface area contributed by atoms with Gasteiger partial charge in [0.05, 0.1) is 6.10 Å². The largest absolute Gasteiger partial charge is 0.444 e. The molecular weight excluding hydrogens is 338 g/mol. The standard InChI is InChI=1S/C18H29N3O5/c1-18(2,3)26-17(25)21-10-6-7-11(13(22)9-10)14(21)16(24)20-8-4-5-12(20)15(19)23/h10-14,22H,4-9H2,1-3H3,(H2,19,23)/t10-,11+,12-,13+,14-/m0/s1. The van der Waals surface area contributed by atoms with Crippen LogP contribution < -0.4 is 5.73 Å². The Kier molecular flexibility index (Phi) is 4.90. The number of hydrogen-bond acceptors (Lipinski definition) is 5. The van der Waals surface area contributed by atoms with Gasteiger partial charge in [-0.05, 0) is 52.9 Å². The Labute approximate surface area is 153 Å². The van der Waals surface area contributed by atoms with Crippen LogP contribution in [0.3, 0.4) is 0 Å². The number of ether oxygens (including phenoxy) is 1. The van der Waals surface area contributed by atoms with Gasteiger partial charge in [-0.25, -0.2) is 4.79 Å². The second-order valence-corrected chi connectivity index (χ2v) is 8.62. The van der Waals surface area contributed by atoms with Gasteiger partial charge in [-0.15, -0.1) is 0 Å². The van der Waals surface area contributed by atoms with Gasteiger partial charge in [-0.3, -0.25) is 14.5 Å². The van der Waals surface area contributed by atoms with E-state index in [0.29, 0.717) is 32.2 Å². The van der Waals surface area contributed by atoms with Gasteiger partial charge in [0.15, 0.2) is 0 Å². The maximum atomic E-state index is 13.3. The number of primary amides is 1. The van der Waals surface area contributed by atoms with E-state index in [-0.39, 0.29) is 17.9 Å². The van der Waals surface area contributed by atoms with E-state index in [1.165, 1.54) is 9.80 Å². The lowest BCUT2D eigenvalue weighted by Crippen LogP contribution is -2.67. The van der Waals surface area contributed by atoms with Crippen LogP contribution in [-0.4, -0.2) is 69.2 Å². The number of nitrogens with zero attached hydrogens (tertiary/aromatic N) is 2. The Balaban J connectivity index is 1.89. The predicted octanol–water partition coefficient (Wildman–Crippen LogP) is 0.612. The van der Waals surface area contributed by atoms with Gasteiger partial charge in [0.25, 0.3) is 0 Å². The predicted molar refractivity (Wildman–Crippen MR) is 92.9 cm³/mol. The molecule has 5 atom stereocenters. The summed E-state index contributed by atoms with van der Waals surface area (Å²) in [6.07, 6.45) is 1.95. The van der Waals surface area contributed by atoms with Crippen LogP contribution in [0.5, 0.6) is 0 Å². The molecule has 3 heterocycles. The lowest BCUT2D eigenvalue weighted by molar-refractivity contribution is -0.156. The molecule has 4 fully saturated rings. The minimum Gasteiger partial charge on any atom is -0.444 e. The van der Waals surface area contributed by atoms with Crippen LogP contribution in [0.25, 0.3) is 0 Å². The molecule has 3 amide bonds. The number of aliphatic hydroxyl groups excluding tert-OH is 1. The first-order valence-corrected chi connectivity index (χ1v) is 9.39. The van der Waals surface area contributed by atoms with Gasteiger partial charge in [0.1, 0.15) is 17.7 Å². The average molecular weight is 367 g/mol. The molecule has 4 rings (SSSR count). The van der Waals surface area contributed by atoms with E-state index in [0.717, 1.165) is 6.42 Å². The molecule has 1 saturated carbocycles. The van der Waals surface area contributed by atoms with Crippen LogP contribution in [0.15, 0.2) is 0 Å². The van der Waals surface area contributed by atoms with E-state index < -0.39 is 35.8 Å². The van der Waals surface area contributed by atoms with Gasteiger partial charge < -0.3 is 20.5 Å². The van der Waals surface area contributed by atoms with E-state index in [4.69, 9.17) is 10.5 Å². The van der Waals surface area contributed by atoms with Crippen LogP contribution in [0, 0.1) is 5.92 Å². The maximum Gasteiger partial charge on any atom is 0.411 e. The van der Waals surface area contributed by atoms with Gasteiger partial charge in [-0.2, -0.15) is 0 Å². The molecule has 146 valence electrons. The Hall–Kier alpha value is -1.83. The summed E-state index contributed by atoms with van der Waals surface area (Å²) in [6, 6.07) is -1.67. The molecule has 0 aromatic heterocycles. The number of hydrogen-bond donors (Lipinski definition) is 2. The van der Waals surface area contributed by atoms with E-state index in [9.17, 15) is 19.5 Å². The first kappa shape index (κ1) is 18.9. The molecule has 0 aromatic carbocycles. The highest BCUT2D eigenvalue weighted by Crippen LogP contribution is 2.42. The maximum absolute atomic E-state index is 13.3. The minimum atomic E-state index is -0.799. The number of rotatable bonds is 2. The van der Waals surface area contributed by atoms with Crippen molar-refractivity contribution in [2.75, 3.05) is 6.54 Å². The molecule has 0 spiro atoms.